The molecule has 0 bridgehead atoms. The average molecular weight is 239 g/mol. The molecule has 1 saturated heterocycles. The molecule has 2 aromatic rings. The van der Waals surface area contributed by atoms with E-state index in [1.165, 1.54) is 19.3 Å². The summed E-state index contributed by atoms with van der Waals surface area (Å²) in [4.78, 5) is 6.49. The Morgan fingerprint density at radius 3 is 2.78 bits per heavy atom. The minimum atomic E-state index is 0.653. The number of aromatic nitrogens is 1. The number of amidine groups is 1. The van der Waals surface area contributed by atoms with E-state index in [4.69, 9.17) is 5.41 Å². The third-order valence-corrected chi connectivity index (χ3v) is 3.55. The van der Waals surface area contributed by atoms with Crippen molar-refractivity contribution in [2.24, 2.45) is 0 Å². The number of benzene rings is 1. The molecule has 3 rings (SSSR count). The summed E-state index contributed by atoms with van der Waals surface area (Å²) in [6.07, 6.45) is 5.51. The number of likely N-dealkylation sites (tertiary alicyclic amines) is 1. The van der Waals surface area contributed by atoms with Gasteiger partial charge in [-0.1, -0.05) is 6.07 Å². The molecule has 3 heteroatoms. The molecule has 0 spiro atoms. The molecule has 1 aliphatic rings. The van der Waals surface area contributed by atoms with Crippen LogP contribution in [0.15, 0.2) is 36.5 Å². The molecule has 1 aliphatic heterocycles. The normalized spacial score (nSPS) is 15.9. The standard InChI is InChI=1S/C15H17N3/c16-15(18-9-2-1-3-10-18)13-6-7-14-12(11-13)5-4-8-17-14/h4-8,11,16H,1-3,9-10H2. The van der Waals surface area contributed by atoms with Gasteiger partial charge >= 0.3 is 0 Å². The van der Waals surface area contributed by atoms with Gasteiger partial charge in [-0.25, -0.2) is 0 Å². The first kappa shape index (κ1) is 11.2. The van der Waals surface area contributed by atoms with Crippen LogP contribution in [-0.4, -0.2) is 28.8 Å². The Labute approximate surface area is 107 Å². The second-order valence-electron chi connectivity index (χ2n) is 4.81. The minimum absolute atomic E-state index is 0.653. The largest absolute Gasteiger partial charge is 0.357 e. The molecule has 0 aliphatic carbocycles. The minimum Gasteiger partial charge on any atom is -0.357 e. The molecule has 0 atom stereocenters. The van der Waals surface area contributed by atoms with Crippen molar-refractivity contribution in [3.63, 3.8) is 0 Å². The summed E-state index contributed by atoms with van der Waals surface area (Å²) in [7, 11) is 0. The highest BCUT2D eigenvalue weighted by molar-refractivity contribution is 5.99. The van der Waals surface area contributed by atoms with Crippen molar-refractivity contribution in [3.05, 3.63) is 42.1 Å². The molecule has 18 heavy (non-hydrogen) atoms. The van der Waals surface area contributed by atoms with Gasteiger partial charge in [0, 0.05) is 30.2 Å². The topological polar surface area (TPSA) is 40.0 Å². The number of fused-ring (bicyclic) bond motifs is 1. The van der Waals surface area contributed by atoms with Crippen LogP contribution in [0.1, 0.15) is 24.8 Å². The smallest absolute Gasteiger partial charge is 0.128 e. The quantitative estimate of drug-likeness (QED) is 0.613. The lowest BCUT2D eigenvalue weighted by molar-refractivity contribution is 0.341. The Hall–Kier alpha value is -1.90. The molecule has 3 nitrogen and oxygen atoms in total. The molecular weight excluding hydrogens is 222 g/mol. The molecule has 0 amide bonds. The van der Waals surface area contributed by atoms with E-state index in [2.05, 4.69) is 22.0 Å². The molecule has 2 heterocycles. The maximum atomic E-state index is 8.30. The highest BCUT2D eigenvalue weighted by Gasteiger charge is 2.15. The van der Waals surface area contributed by atoms with Gasteiger partial charge in [-0.3, -0.25) is 10.4 Å². The number of rotatable bonds is 1. The lowest BCUT2D eigenvalue weighted by Crippen LogP contribution is -2.35. The van der Waals surface area contributed by atoms with E-state index in [9.17, 15) is 0 Å². The molecule has 1 aromatic carbocycles. The number of nitrogens with one attached hydrogen (secondary N) is 1. The lowest BCUT2D eigenvalue weighted by atomic mass is 10.1. The predicted molar refractivity (Wildman–Crippen MR) is 74.0 cm³/mol. The summed E-state index contributed by atoms with van der Waals surface area (Å²) in [6, 6.07) is 10.1. The Bertz CT molecular complexity index is 571. The maximum absolute atomic E-state index is 8.30. The molecule has 0 unspecified atom stereocenters. The first-order chi connectivity index (χ1) is 8.84. The van der Waals surface area contributed by atoms with E-state index < -0.39 is 0 Å². The van der Waals surface area contributed by atoms with Gasteiger partial charge in [0.1, 0.15) is 5.84 Å². The van der Waals surface area contributed by atoms with E-state index in [0.29, 0.717) is 5.84 Å². The number of pyridine rings is 1. The highest BCUT2D eigenvalue weighted by Crippen LogP contribution is 2.17. The molecule has 0 radical (unpaired) electrons. The van der Waals surface area contributed by atoms with E-state index in [1.807, 2.05) is 18.2 Å². The van der Waals surface area contributed by atoms with Crippen LogP contribution < -0.4 is 0 Å². The van der Waals surface area contributed by atoms with Gasteiger partial charge in [0.15, 0.2) is 0 Å². The van der Waals surface area contributed by atoms with Crippen LogP contribution >= 0.6 is 0 Å². The van der Waals surface area contributed by atoms with Crippen LogP contribution in [0.2, 0.25) is 0 Å². The van der Waals surface area contributed by atoms with E-state index in [-0.39, 0.29) is 0 Å². The zero-order chi connectivity index (χ0) is 12.4. The van der Waals surface area contributed by atoms with E-state index in [0.717, 1.165) is 29.6 Å². The number of hydrogen-bond acceptors (Lipinski definition) is 2. The zero-order valence-corrected chi connectivity index (χ0v) is 10.4. The zero-order valence-electron chi connectivity index (χ0n) is 10.4. The van der Waals surface area contributed by atoms with Gasteiger partial charge in [0.2, 0.25) is 0 Å². The second kappa shape index (κ2) is 4.77. The van der Waals surface area contributed by atoms with Gasteiger partial charge in [-0.15, -0.1) is 0 Å². The Morgan fingerprint density at radius 1 is 1.11 bits per heavy atom. The number of piperidine rings is 1. The monoisotopic (exact) mass is 239 g/mol. The first-order valence-electron chi connectivity index (χ1n) is 6.53. The highest BCUT2D eigenvalue weighted by atomic mass is 15.2. The van der Waals surface area contributed by atoms with Crippen molar-refractivity contribution in [3.8, 4) is 0 Å². The van der Waals surface area contributed by atoms with Crippen LogP contribution in [0.4, 0.5) is 0 Å². The third-order valence-electron chi connectivity index (χ3n) is 3.55. The van der Waals surface area contributed by atoms with Crippen LogP contribution in [0.5, 0.6) is 0 Å². The molecule has 1 N–H and O–H groups in total. The van der Waals surface area contributed by atoms with Gasteiger partial charge < -0.3 is 4.90 Å². The number of nitrogens with zero attached hydrogens (tertiary/aromatic N) is 2. The third kappa shape index (κ3) is 2.08. The van der Waals surface area contributed by atoms with E-state index >= 15 is 0 Å². The van der Waals surface area contributed by atoms with Gasteiger partial charge in [-0.2, -0.15) is 0 Å². The van der Waals surface area contributed by atoms with Crippen molar-refractivity contribution in [1.82, 2.24) is 9.88 Å². The maximum Gasteiger partial charge on any atom is 0.128 e. The summed E-state index contributed by atoms with van der Waals surface area (Å²) in [6.45, 7) is 2.04. The van der Waals surface area contributed by atoms with Gasteiger partial charge in [0.25, 0.3) is 0 Å². The first-order valence-corrected chi connectivity index (χ1v) is 6.53. The van der Waals surface area contributed by atoms with Crippen LogP contribution in [-0.2, 0) is 0 Å². The molecule has 0 saturated carbocycles. The van der Waals surface area contributed by atoms with Crippen LogP contribution in [0.3, 0.4) is 0 Å². The fraction of sp³-hybridized carbons (Fsp3) is 0.333. The van der Waals surface area contributed by atoms with Crippen LogP contribution in [0.25, 0.3) is 10.9 Å². The van der Waals surface area contributed by atoms with Crippen molar-refractivity contribution in [2.45, 2.75) is 19.3 Å². The van der Waals surface area contributed by atoms with Crippen molar-refractivity contribution >= 4 is 16.7 Å². The second-order valence-corrected chi connectivity index (χ2v) is 4.81. The summed E-state index contributed by atoms with van der Waals surface area (Å²) in [5.74, 6) is 0.653. The van der Waals surface area contributed by atoms with Crippen LogP contribution in [0, 0.1) is 5.41 Å². The summed E-state index contributed by atoms with van der Waals surface area (Å²) in [5.41, 5.74) is 1.99. The summed E-state index contributed by atoms with van der Waals surface area (Å²) in [5, 5.41) is 9.41. The SMILES string of the molecule is N=C(c1ccc2ncccc2c1)N1CCCCC1. The van der Waals surface area contributed by atoms with Crippen molar-refractivity contribution in [1.29, 1.82) is 5.41 Å². The lowest BCUT2D eigenvalue weighted by Gasteiger charge is -2.29. The molecular formula is C15H17N3. The predicted octanol–water partition coefficient (Wildman–Crippen LogP) is 3.05. The van der Waals surface area contributed by atoms with Crippen molar-refractivity contribution < 1.29 is 0 Å². The Morgan fingerprint density at radius 2 is 1.94 bits per heavy atom. The van der Waals surface area contributed by atoms with Gasteiger partial charge in [0.05, 0.1) is 5.52 Å². The fourth-order valence-electron chi connectivity index (χ4n) is 2.52. The average Bonchev–Trinajstić information content (AvgIpc) is 2.47. The fourth-order valence-corrected chi connectivity index (χ4v) is 2.52. The Balaban J connectivity index is 1.91. The Kier molecular flexibility index (Phi) is 2.97. The summed E-state index contributed by atoms with van der Waals surface area (Å²) < 4.78 is 0. The summed E-state index contributed by atoms with van der Waals surface area (Å²) >= 11 is 0. The van der Waals surface area contributed by atoms with Gasteiger partial charge in [-0.05, 0) is 43.5 Å². The molecule has 92 valence electrons. The molecule has 1 fully saturated rings. The molecule has 1 aromatic heterocycles. The van der Waals surface area contributed by atoms with E-state index in [1.54, 1.807) is 6.20 Å². The number of hydrogen-bond donors (Lipinski definition) is 1. The van der Waals surface area contributed by atoms with Crippen molar-refractivity contribution in [2.75, 3.05) is 13.1 Å².